The molecule has 2 aromatic rings. The Kier molecular flexibility index (Phi) is 5.56. The summed E-state index contributed by atoms with van der Waals surface area (Å²) in [6.45, 7) is 5.03. The second-order valence-corrected chi connectivity index (χ2v) is 7.66. The smallest absolute Gasteiger partial charge is 0.272 e. The molecule has 0 atom stereocenters. The van der Waals surface area contributed by atoms with Crippen LogP contribution in [0.2, 0.25) is 0 Å². The number of piperidine rings is 1. The van der Waals surface area contributed by atoms with Gasteiger partial charge in [-0.2, -0.15) is 0 Å². The number of anilines is 1. The van der Waals surface area contributed by atoms with Gasteiger partial charge >= 0.3 is 0 Å². The van der Waals surface area contributed by atoms with E-state index < -0.39 is 0 Å². The third kappa shape index (κ3) is 3.99. The number of carbonyl (C=O) groups is 1. The Labute approximate surface area is 171 Å². The molecule has 1 amide bonds. The molecule has 1 aromatic heterocycles. The molecule has 154 valence electrons. The molecule has 2 aliphatic heterocycles. The van der Waals surface area contributed by atoms with Crippen molar-refractivity contribution in [1.29, 1.82) is 0 Å². The molecule has 0 unspecified atom stereocenters. The fourth-order valence-electron chi connectivity index (χ4n) is 4.17. The second-order valence-electron chi connectivity index (χ2n) is 7.66. The van der Waals surface area contributed by atoms with Crippen LogP contribution in [0.1, 0.15) is 46.7 Å². The maximum atomic E-state index is 13.2. The quantitative estimate of drug-likeness (QED) is 0.792. The maximum absolute atomic E-state index is 13.2. The molecule has 7 heteroatoms. The normalized spacial score (nSPS) is 16.4. The number of aromatic nitrogens is 2. The van der Waals surface area contributed by atoms with Crippen LogP contribution in [0.5, 0.6) is 11.5 Å². The van der Waals surface area contributed by atoms with Gasteiger partial charge in [0, 0.05) is 32.2 Å². The van der Waals surface area contributed by atoms with Crippen LogP contribution in [-0.2, 0) is 13.0 Å². The summed E-state index contributed by atoms with van der Waals surface area (Å²) in [7, 11) is 3.27. The van der Waals surface area contributed by atoms with Gasteiger partial charge in [-0.1, -0.05) is 0 Å². The van der Waals surface area contributed by atoms with E-state index in [1.807, 2.05) is 30.0 Å². The molecule has 2 aliphatic rings. The van der Waals surface area contributed by atoms with E-state index in [0.29, 0.717) is 30.4 Å². The Morgan fingerprint density at radius 2 is 1.62 bits per heavy atom. The average Bonchev–Trinajstić information content (AvgIpc) is 2.77. The van der Waals surface area contributed by atoms with E-state index >= 15 is 0 Å². The third-order valence-electron chi connectivity index (χ3n) is 5.73. The molecular formula is C22H28N4O3. The highest BCUT2D eigenvalue weighted by Gasteiger charge is 2.26. The van der Waals surface area contributed by atoms with Crippen LogP contribution in [-0.4, -0.2) is 54.6 Å². The molecule has 0 aliphatic carbocycles. The van der Waals surface area contributed by atoms with E-state index in [9.17, 15) is 4.79 Å². The summed E-state index contributed by atoms with van der Waals surface area (Å²) in [5, 5.41) is 0. The standard InChI is InChI=1S/C22H28N4O3/c1-15-23-18(13-21(24-15)25-8-5-4-6-9-25)22(27)26-10-7-16-11-19(28-2)20(29-3)12-17(16)14-26/h11-13H,4-10,14H2,1-3H3. The topological polar surface area (TPSA) is 67.8 Å². The van der Waals surface area contributed by atoms with E-state index in [1.165, 1.54) is 24.8 Å². The first-order chi connectivity index (χ1) is 14.1. The number of nitrogens with zero attached hydrogens (tertiary/aromatic N) is 4. The molecule has 0 N–H and O–H groups in total. The number of methoxy groups -OCH3 is 2. The number of amides is 1. The number of ether oxygens (including phenoxy) is 2. The Morgan fingerprint density at radius 3 is 2.31 bits per heavy atom. The lowest BCUT2D eigenvalue weighted by Crippen LogP contribution is -2.37. The van der Waals surface area contributed by atoms with Crippen LogP contribution in [0.4, 0.5) is 5.82 Å². The highest BCUT2D eigenvalue weighted by atomic mass is 16.5. The van der Waals surface area contributed by atoms with Gasteiger partial charge in [0.05, 0.1) is 14.2 Å². The number of carbonyl (C=O) groups excluding carboxylic acids is 1. The van der Waals surface area contributed by atoms with Crippen LogP contribution >= 0.6 is 0 Å². The number of rotatable bonds is 4. The predicted octanol–water partition coefficient (Wildman–Crippen LogP) is 2.99. The van der Waals surface area contributed by atoms with Crippen molar-refractivity contribution >= 4 is 11.7 Å². The minimum atomic E-state index is -0.0470. The summed E-state index contributed by atoms with van der Waals surface area (Å²) in [5.74, 6) is 2.87. The molecule has 0 radical (unpaired) electrons. The zero-order valence-electron chi connectivity index (χ0n) is 17.4. The van der Waals surface area contributed by atoms with Gasteiger partial charge in [-0.15, -0.1) is 0 Å². The first-order valence-corrected chi connectivity index (χ1v) is 10.2. The Bertz CT molecular complexity index is 909. The number of fused-ring (bicyclic) bond motifs is 1. The van der Waals surface area contributed by atoms with Crippen molar-refractivity contribution in [2.75, 3.05) is 38.8 Å². The van der Waals surface area contributed by atoms with E-state index in [-0.39, 0.29) is 5.91 Å². The van der Waals surface area contributed by atoms with Gasteiger partial charge in [0.2, 0.25) is 0 Å². The van der Waals surface area contributed by atoms with Gasteiger partial charge in [-0.25, -0.2) is 9.97 Å². The summed E-state index contributed by atoms with van der Waals surface area (Å²) < 4.78 is 10.8. The van der Waals surface area contributed by atoms with Crippen LogP contribution in [0.25, 0.3) is 0 Å². The molecule has 1 fully saturated rings. The molecule has 29 heavy (non-hydrogen) atoms. The van der Waals surface area contributed by atoms with Crippen molar-refractivity contribution in [3.63, 3.8) is 0 Å². The van der Waals surface area contributed by atoms with E-state index in [2.05, 4.69) is 14.9 Å². The van der Waals surface area contributed by atoms with Crippen LogP contribution < -0.4 is 14.4 Å². The largest absolute Gasteiger partial charge is 0.493 e. The number of benzene rings is 1. The lowest BCUT2D eigenvalue weighted by Gasteiger charge is -2.30. The number of aryl methyl sites for hydroxylation is 1. The highest BCUT2D eigenvalue weighted by Crippen LogP contribution is 2.33. The van der Waals surface area contributed by atoms with Crippen molar-refractivity contribution in [1.82, 2.24) is 14.9 Å². The summed E-state index contributed by atoms with van der Waals surface area (Å²) in [6, 6.07) is 5.84. The van der Waals surface area contributed by atoms with Crippen molar-refractivity contribution < 1.29 is 14.3 Å². The van der Waals surface area contributed by atoms with Gasteiger partial charge in [0.15, 0.2) is 11.5 Å². The number of hydrogen-bond acceptors (Lipinski definition) is 6. The molecule has 7 nitrogen and oxygen atoms in total. The zero-order chi connectivity index (χ0) is 20.4. The Morgan fingerprint density at radius 1 is 0.931 bits per heavy atom. The number of hydrogen-bond donors (Lipinski definition) is 0. The Hall–Kier alpha value is -2.83. The molecule has 3 heterocycles. The first kappa shape index (κ1) is 19.5. The van der Waals surface area contributed by atoms with Crippen LogP contribution in [0.3, 0.4) is 0 Å². The Balaban J connectivity index is 1.57. The molecule has 0 saturated carbocycles. The van der Waals surface area contributed by atoms with Crippen molar-refractivity contribution in [3.8, 4) is 11.5 Å². The fraction of sp³-hybridized carbons (Fsp3) is 0.500. The van der Waals surface area contributed by atoms with E-state index in [4.69, 9.17) is 9.47 Å². The second kappa shape index (κ2) is 8.27. The summed E-state index contributed by atoms with van der Waals surface area (Å²) in [5.41, 5.74) is 2.76. The molecule has 1 aromatic carbocycles. The van der Waals surface area contributed by atoms with Gasteiger partial charge in [-0.3, -0.25) is 4.79 Å². The van der Waals surface area contributed by atoms with Crippen LogP contribution in [0, 0.1) is 6.92 Å². The van der Waals surface area contributed by atoms with E-state index in [1.54, 1.807) is 14.2 Å². The molecule has 1 saturated heterocycles. The zero-order valence-corrected chi connectivity index (χ0v) is 17.4. The first-order valence-electron chi connectivity index (χ1n) is 10.2. The molecule has 4 rings (SSSR count). The monoisotopic (exact) mass is 396 g/mol. The van der Waals surface area contributed by atoms with Gasteiger partial charge in [-0.05, 0) is 55.9 Å². The van der Waals surface area contributed by atoms with Crippen molar-refractivity contribution in [3.05, 3.63) is 40.8 Å². The molecule has 0 spiro atoms. The minimum Gasteiger partial charge on any atom is -0.493 e. The lowest BCUT2D eigenvalue weighted by molar-refractivity contribution is 0.0728. The highest BCUT2D eigenvalue weighted by molar-refractivity contribution is 5.93. The van der Waals surface area contributed by atoms with Crippen molar-refractivity contribution in [2.45, 2.75) is 39.2 Å². The SMILES string of the molecule is COc1cc2c(cc1OC)CN(C(=O)c1cc(N3CCCCC3)nc(C)n1)CC2. The van der Waals surface area contributed by atoms with E-state index in [0.717, 1.165) is 36.6 Å². The lowest BCUT2D eigenvalue weighted by atomic mass is 9.98. The average molecular weight is 396 g/mol. The predicted molar refractivity (Wildman–Crippen MR) is 111 cm³/mol. The molecule has 0 bridgehead atoms. The third-order valence-corrected chi connectivity index (χ3v) is 5.73. The fourth-order valence-corrected chi connectivity index (χ4v) is 4.17. The van der Waals surface area contributed by atoms with Crippen LogP contribution in [0.15, 0.2) is 18.2 Å². The summed E-state index contributed by atoms with van der Waals surface area (Å²) >= 11 is 0. The van der Waals surface area contributed by atoms with Crippen molar-refractivity contribution in [2.24, 2.45) is 0 Å². The summed E-state index contributed by atoms with van der Waals surface area (Å²) in [6.07, 6.45) is 4.37. The summed E-state index contributed by atoms with van der Waals surface area (Å²) in [4.78, 5) is 26.4. The van der Waals surface area contributed by atoms with Gasteiger partial charge < -0.3 is 19.3 Å². The molecular weight excluding hydrogens is 368 g/mol. The minimum absolute atomic E-state index is 0.0470. The maximum Gasteiger partial charge on any atom is 0.272 e. The van der Waals surface area contributed by atoms with Gasteiger partial charge in [0.1, 0.15) is 17.3 Å². The van der Waals surface area contributed by atoms with Gasteiger partial charge in [0.25, 0.3) is 5.91 Å².